The Morgan fingerprint density at radius 2 is 1.84 bits per heavy atom. The van der Waals surface area contributed by atoms with Crippen molar-refractivity contribution in [1.29, 1.82) is 0 Å². The molecule has 1 aliphatic carbocycles. The molecular weight excluding hydrogens is 312 g/mol. The van der Waals surface area contributed by atoms with E-state index in [9.17, 15) is 9.59 Å². The molecule has 3 rings (SSSR count). The van der Waals surface area contributed by atoms with Crippen LogP contribution in [-0.4, -0.2) is 22.8 Å². The Hall–Kier alpha value is -2.62. The predicted octanol–water partition coefficient (Wildman–Crippen LogP) is 4.72. The molecular formula is C21H24N2O2. The van der Waals surface area contributed by atoms with Crippen LogP contribution in [0.2, 0.25) is 0 Å². The minimum atomic E-state index is -0.121. The molecule has 1 atom stereocenters. The first kappa shape index (κ1) is 17.2. The maximum absolute atomic E-state index is 12.9. The number of urea groups is 1. The second-order valence-corrected chi connectivity index (χ2v) is 6.76. The highest BCUT2D eigenvalue weighted by molar-refractivity contribution is 5.96. The van der Waals surface area contributed by atoms with Gasteiger partial charge in [0.2, 0.25) is 0 Å². The second kappa shape index (κ2) is 7.51. The fraction of sp³-hybridized carbons (Fsp3) is 0.333. The van der Waals surface area contributed by atoms with Crippen LogP contribution in [0.1, 0.15) is 42.6 Å². The van der Waals surface area contributed by atoms with E-state index in [1.54, 1.807) is 18.2 Å². The van der Waals surface area contributed by atoms with Crippen LogP contribution in [0.4, 0.5) is 10.5 Å². The van der Waals surface area contributed by atoms with Crippen molar-refractivity contribution in [2.45, 2.75) is 39.3 Å². The highest BCUT2D eigenvalue weighted by Crippen LogP contribution is 2.36. The van der Waals surface area contributed by atoms with Gasteiger partial charge in [-0.25, -0.2) is 4.79 Å². The lowest BCUT2D eigenvalue weighted by Gasteiger charge is -2.30. The largest absolute Gasteiger partial charge is 0.322 e. The number of anilines is 1. The van der Waals surface area contributed by atoms with Gasteiger partial charge in [0.15, 0.2) is 5.78 Å². The first-order valence-corrected chi connectivity index (χ1v) is 8.77. The van der Waals surface area contributed by atoms with Crippen molar-refractivity contribution < 1.29 is 9.59 Å². The minimum absolute atomic E-state index is 0.0106. The van der Waals surface area contributed by atoms with Gasteiger partial charge in [-0.15, -0.1) is 0 Å². The SMILES string of the molecule is CC(=O)c1cccc(NC(=O)N(Cc2ccccc2)C(C)C2CC2)c1. The van der Waals surface area contributed by atoms with Gasteiger partial charge in [-0.2, -0.15) is 0 Å². The highest BCUT2D eigenvalue weighted by Gasteiger charge is 2.34. The summed E-state index contributed by atoms with van der Waals surface area (Å²) in [4.78, 5) is 26.3. The molecule has 0 radical (unpaired) electrons. The van der Waals surface area contributed by atoms with Gasteiger partial charge in [0.25, 0.3) is 0 Å². The first-order valence-electron chi connectivity index (χ1n) is 8.77. The molecule has 1 aliphatic rings. The molecule has 2 aromatic rings. The zero-order chi connectivity index (χ0) is 17.8. The van der Waals surface area contributed by atoms with Gasteiger partial charge in [-0.1, -0.05) is 42.5 Å². The molecule has 0 saturated heterocycles. The molecule has 0 spiro atoms. The Morgan fingerprint density at radius 3 is 2.48 bits per heavy atom. The van der Waals surface area contributed by atoms with Crippen molar-refractivity contribution >= 4 is 17.5 Å². The van der Waals surface area contributed by atoms with Gasteiger partial charge in [0, 0.05) is 23.8 Å². The number of carbonyl (C=O) groups excluding carboxylic acids is 2. The van der Waals surface area contributed by atoms with E-state index in [2.05, 4.69) is 12.2 Å². The van der Waals surface area contributed by atoms with Gasteiger partial charge in [-0.05, 0) is 50.3 Å². The molecule has 4 heteroatoms. The van der Waals surface area contributed by atoms with E-state index in [0.29, 0.717) is 23.7 Å². The smallest absolute Gasteiger partial charge is 0.317 e. The Bertz CT molecular complexity index is 754. The van der Waals surface area contributed by atoms with E-state index >= 15 is 0 Å². The van der Waals surface area contributed by atoms with E-state index in [1.165, 1.54) is 19.8 Å². The molecule has 1 unspecified atom stereocenters. The summed E-state index contributed by atoms with van der Waals surface area (Å²) in [6.45, 7) is 4.22. The van der Waals surface area contributed by atoms with Gasteiger partial charge in [-0.3, -0.25) is 4.79 Å². The predicted molar refractivity (Wildman–Crippen MR) is 99.6 cm³/mol. The number of hydrogen-bond acceptors (Lipinski definition) is 2. The molecule has 2 amide bonds. The summed E-state index contributed by atoms with van der Waals surface area (Å²) in [7, 11) is 0. The van der Waals surface area contributed by atoms with Crippen molar-refractivity contribution in [3.8, 4) is 0 Å². The van der Waals surface area contributed by atoms with Crippen LogP contribution in [-0.2, 0) is 6.54 Å². The lowest BCUT2D eigenvalue weighted by molar-refractivity contribution is 0.101. The number of benzene rings is 2. The van der Waals surface area contributed by atoms with Crippen LogP contribution in [0.25, 0.3) is 0 Å². The van der Waals surface area contributed by atoms with Gasteiger partial charge < -0.3 is 10.2 Å². The number of Topliss-reactive ketones (excluding diaryl/α,β-unsaturated/α-hetero) is 1. The summed E-state index contributed by atoms with van der Waals surface area (Å²) in [5.74, 6) is 0.571. The fourth-order valence-corrected chi connectivity index (χ4v) is 3.03. The Morgan fingerprint density at radius 1 is 1.12 bits per heavy atom. The molecule has 0 aliphatic heterocycles. The summed E-state index contributed by atoms with van der Waals surface area (Å²) in [5, 5.41) is 2.96. The van der Waals surface area contributed by atoms with E-state index in [0.717, 1.165) is 5.56 Å². The van der Waals surface area contributed by atoms with Crippen LogP contribution in [0.3, 0.4) is 0 Å². The third-order valence-electron chi connectivity index (χ3n) is 4.77. The first-order chi connectivity index (χ1) is 12.0. The van der Waals surface area contributed by atoms with Crippen molar-refractivity contribution in [2.24, 2.45) is 5.92 Å². The topological polar surface area (TPSA) is 49.4 Å². The summed E-state index contributed by atoms with van der Waals surface area (Å²) in [5.41, 5.74) is 2.36. The van der Waals surface area contributed by atoms with E-state index in [4.69, 9.17) is 0 Å². The van der Waals surface area contributed by atoms with Crippen molar-refractivity contribution in [1.82, 2.24) is 4.90 Å². The van der Waals surface area contributed by atoms with Crippen molar-refractivity contribution in [3.05, 3.63) is 65.7 Å². The Kier molecular flexibility index (Phi) is 5.17. The van der Waals surface area contributed by atoms with Crippen LogP contribution >= 0.6 is 0 Å². The lowest BCUT2D eigenvalue weighted by atomic mass is 10.1. The molecule has 0 heterocycles. The molecule has 4 nitrogen and oxygen atoms in total. The average Bonchev–Trinajstić information content (AvgIpc) is 3.45. The Labute approximate surface area is 148 Å². The molecule has 2 aromatic carbocycles. The quantitative estimate of drug-likeness (QED) is 0.776. The van der Waals surface area contributed by atoms with Crippen LogP contribution in [0, 0.1) is 5.92 Å². The number of nitrogens with zero attached hydrogens (tertiary/aromatic N) is 1. The monoisotopic (exact) mass is 336 g/mol. The molecule has 1 N–H and O–H groups in total. The zero-order valence-corrected chi connectivity index (χ0v) is 14.7. The van der Waals surface area contributed by atoms with Crippen molar-refractivity contribution in [2.75, 3.05) is 5.32 Å². The number of rotatable bonds is 6. The minimum Gasteiger partial charge on any atom is -0.317 e. The third-order valence-corrected chi connectivity index (χ3v) is 4.77. The number of amides is 2. The van der Waals surface area contributed by atoms with Crippen LogP contribution in [0.15, 0.2) is 54.6 Å². The van der Waals surface area contributed by atoms with Gasteiger partial charge in [0.05, 0.1) is 0 Å². The third kappa shape index (κ3) is 4.47. The normalized spacial score (nSPS) is 14.6. The zero-order valence-electron chi connectivity index (χ0n) is 14.7. The fourth-order valence-electron chi connectivity index (χ4n) is 3.03. The van der Waals surface area contributed by atoms with E-state index in [-0.39, 0.29) is 17.9 Å². The molecule has 0 aromatic heterocycles. The maximum Gasteiger partial charge on any atom is 0.322 e. The summed E-state index contributed by atoms with van der Waals surface area (Å²) in [6, 6.07) is 17.2. The summed E-state index contributed by atoms with van der Waals surface area (Å²) < 4.78 is 0. The van der Waals surface area contributed by atoms with Crippen LogP contribution in [0.5, 0.6) is 0 Å². The molecule has 130 valence electrons. The molecule has 1 saturated carbocycles. The Balaban J connectivity index is 1.76. The van der Waals surface area contributed by atoms with Crippen LogP contribution < -0.4 is 5.32 Å². The molecule has 25 heavy (non-hydrogen) atoms. The highest BCUT2D eigenvalue weighted by atomic mass is 16.2. The number of hydrogen-bond donors (Lipinski definition) is 1. The summed E-state index contributed by atoms with van der Waals surface area (Å²) >= 11 is 0. The number of ketones is 1. The average molecular weight is 336 g/mol. The summed E-state index contributed by atoms with van der Waals surface area (Å²) in [6.07, 6.45) is 2.36. The maximum atomic E-state index is 12.9. The lowest BCUT2D eigenvalue weighted by Crippen LogP contribution is -2.42. The number of carbonyl (C=O) groups is 2. The van der Waals surface area contributed by atoms with Crippen molar-refractivity contribution in [3.63, 3.8) is 0 Å². The van der Waals surface area contributed by atoms with E-state index in [1.807, 2.05) is 41.3 Å². The number of nitrogens with one attached hydrogen (secondary N) is 1. The second-order valence-electron chi connectivity index (χ2n) is 6.76. The molecule has 0 bridgehead atoms. The standard InChI is InChI=1S/C21H24N2O2/c1-15(18-11-12-18)23(14-17-7-4-3-5-8-17)21(25)22-20-10-6-9-19(13-20)16(2)24/h3-10,13,15,18H,11-12,14H2,1-2H3,(H,22,25). The molecule has 1 fully saturated rings. The van der Waals surface area contributed by atoms with E-state index < -0.39 is 0 Å². The van der Waals surface area contributed by atoms with Gasteiger partial charge in [0.1, 0.15) is 0 Å². The van der Waals surface area contributed by atoms with Gasteiger partial charge >= 0.3 is 6.03 Å².